The first-order chi connectivity index (χ1) is 11.6. The summed E-state index contributed by atoms with van der Waals surface area (Å²) in [5.41, 5.74) is 1.72. The van der Waals surface area contributed by atoms with Crippen LogP contribution in [0.3, 0.4) is 0 Å². The number of benzene rings is 1. The van der Waals surface area contributed by atoms with Crippen molar-refractivity contribution < 1.29 is 4.79 Å². The molecule has 0 saturated heterocycles. The number of nitrogens with zero attached hydrogens (tertiary/aromatic N) is 2. The highest BCUT2D eigenvalue weighted by atomic mass is 35.5. The molecule has 1 amide bonds. The van der Waals surface area contributed by atoms with Gasteiger partial charge in [-0.2, -0.15) is 0 Å². The topological polar surface area (TPSA) is 66.9 Å². The van der Waals surface area contributed by atoms with Gasteiger partial charge < -0.3 is 10.6 Å². The summed E-state index contributed by atoms with van der Waals surface area (Å²) >= 11 is 12.1. The van der Waals surface area contributed by atoms with Crippen molar-refractivity contribution >= 4 is 35.1 Å². The second kappa shape index (κ2) is 8.02. The number of amides is 1. The van der Waals surface area contributed by atoms with Crippen molar-refractivity contribution in [2.75, 3.05) is 11.9 Å². The van der Waals surface area contributed by atoms with Crippen molar-refractivity contribution in [1.82, 2.24) is 15.3 Å². The standard InChI is InChI=1S/C18H22Cl2N4O/c1-11-9-15(16(25)24-18(2,3)4)23-17(22-11)21-8-7-12-5-6-13(19)10-14(12)20/h5-6,9-10H,7-8H2,1-4H3,(H,24,25)(H,21,22,23). The number of carbonyl (C=O) groups excluding carboxylic acids is 1. The van der Waals surface area contributed by atoms with Crippen LogP contribution in [0.25, 0.3) is 0 Å². The van der Waals surface area contributed by atoms with Crippen LogP contribution in [-0.4, -0.2) is 28.0 Å². The highest BCUT2D eigenvalue weighted by Crippen LogP contribution is 2.21. The van der Waals surface area contributed by atoms with Gasteiger partial charge in [-0.25, -0.2) is 9.97 Å². The maximum Gasteiger partial charge on any atom is 0.270 e. The highest BCUT2D eigenvalue weighted by Gasteiger charge is 2.17. The van der Waals surface area contributed by atoms with Gasteiger partial charge in [-0.1, -0.05) is 29.3 Å². The van der Waals surface area contributed by atoms with Gasteiger partial charge in [-0.3, -0.25) is 4.79 Å². The Balaban J connectivity index is 2.03. The lowest BCUT2D eigenvalue weighted by Gasteiger charge is -2.20. The molecule has 1 aromatic heterocycles. The molecule has 1 heterocycles. The minimum absolute atomic E-state index is 0.221. The lowest BCUT2D eigenvalue weighted by molar-refractivity contribution is 0.0914. The van der Waals surface area contributed by atoms with E-state index in [9.17, 15) is 4.79 Å². The Hall–Kier alpha value is -1.85. The monoisotopic (exact) mass is 380 g/mol. The Morgan fingerprint density at radius 2 is 1.88 bits per heavy atom. The van der Waals surface area contributed by atoms with E-state index >= 15 is 0 Å². The second-order valence-corrected chi connectivity index (χ2v) is 7.68. The highest BCUT2D eigenvalue weighted by molar-refractivity contribution is 6.35. The van der Waals surface area contributed by atoms with Gasteiger partial charge in [0.15, 0.2) is 0 Å². The molecular formula is C18H22Cl2N4O. The predicted octanol–water partition coefficient (Wildman–Crippen LogP) is 4.27. The van der Waals surface area contributed by atoms with Crippen molar-refractivity contribution in [3.63, 3.8) is 0 Å². The molecule has 7 heteroatoms. The van der Waals surface area contributed by atoms with Crippen molar-refractivity contribution in [2.45, 2.75) is 39.7 Å². The van der Waals surface area contributed by atoms with Crippen LogP contribution in [0.1, 0.15) is 42.5 Å². The van der Waals surface area contributed by atoms with Crippen molar-refractivity contribution in [3.05, 3.63) is 51.3 Å². The molecule has 134 valence electrons. The number of hydrogen-bond donors (Lipinski definition) is 2. The Morgan fingerprint density at radius 1 is 1.16 bits per heavy atom. The summed E-state index contributed by atoms with van der Waals surface area (Å²) in [6.07, 6.45) is 0.691. The van der Waals surface area contributed by atoms with E-state index in [2.05, 4.69) is 20.6 Å². The second-order valence-electron chi connectivity index (χ2n) is 6.83. The molecule has 0 aliphatic heterocycles. The van der Waals surface area contributed by atoms with E-state index in [1.54, 1.807) is 18.2 Å². The normalized spacial score (nSPS) is 11.3. The third kappa shape index (κ3) is 6.18. The number of aromatic nitrogens is 2. The van der Waals surface area contributed by atoms with Crippen LogP contribution in [0.2, 0.25) is 10.0 Å². The maximum atomic E-state index is 12.3. The van der Waals surface area contributed by atoms with Crippen molar-refractivity contribution in [2.24, 2.45) is 0 Å². The fraction of sp³-hybridized carbons (Fsp3) is 0.389. The van der Waals surface area contributed by atoms with Gasteiger partial charge in [0.05, 0.1) is 0 Å². The molecule has 25 heavy (non-hydrogen) atoms. The summed E-state index contributed by atoms with van der Waals surface area (Å²) in [7, 11) is 0. The molecule has 0 radical (unpaired) electrons. The number of halogens is 2. The minimum atomic E-state index is -0.325. The minimum Gasteiger partial charge on any atom is -0.354 e. The molecule has 2 N–H and O–H groups in total. The summed E-state index contributed by atoms with van der Waals surface area (Å²) in [5.74, 6) is 0.200. The van der Waals surface area contributed by atoms with Crippen molar-refractivity contribution in [3.8, 4) is 0 Å². The maximum absolute atomic E-state index is 12.3. The molecule has 5 nitrogen and oxygen atoms in total. The lowest BCUT2D eigenvalue weighted by Crippen LogP contribution is -2.41. The molecule has 0 spiro atoms. The average molecular weight is 381 g/mol. The van der Waals surface area contributed by atoms with Crippen LogP contribution in [-0.2, 0) is 6.42 Å². The number of aryl methyl sites for hydroxylation is 1. The molecule has 2 rings (SSSR count). The number of carbonyl (C=O) groups is 1. The van der Waals surface area contributed by atoms with Gasteiger partial charge in [0.25, 0.3) is 5.91 Å². The summed E-state index contributed by atoms with van der Waals surface area (Å²) in [6, 6.07) is 7.09. The molecule has 0 unspecified atom stereocenters. The average Bonchev–Trinajstić information content (AvgIpc) is 2.47. The molecule has 0 saturated carbocycles. The molecule has 0 aliphatic rings. The largest absolute Gasteiger partial charge is 0.354 e. The smallest absolute Gasteiger partial charge is 0.270 e. The van der Waals surface area contributed by atoms with Gasteiger partial charge in [-0.05, 0) is 57.9 Å². The van der Waals surface area contributed by atoms with E-state index in [1.807, 2.05) is 33.8 Å². The van der Waals surface area contributed by atoms with Gasteiger partial charge in [-0.15, -0.1) is 0 Å². The zero-order valence-electron chi connectivity index (χ0n) is 14.8. The molecule has 0 aliphatic carbocycles. The van der Waals surface area contributed by atoms with Crippen molar-refractivity contribution in [1.29, 1.82) is 0 Å². The van der Waals surface area contributed by atoms with Gasteiger partial charge in [0.1, 0.15) is 5.69 Å². The summed E-state index contributed by atoms with van der Waals surface area (Å²) in [5, 5.41) is 7.28. The first-order valence-corrected chi connectivity index (χ1v) is 8.75. The summed E-state index contributed by atoms with van der Waals surface area (Å²) < 4.78 is 0. The zero-order chi connectivity index (χ0) is 18.6. The van der Waals surface area contributed by atoms with Crippen LogP contribution < -0.4 is 10.6 Å². The zero-order valence-corrected chi connectivity index (χ0v) is 16.3. The number of anilines is 1. The Labute approximate surface area is 158 Å². The van der Waals surface area contributed by atoms with Gasteiger partial charge >= 0.3 is 0 Å². The molecule has 0 atom stereocenters. The van der Waals surface area contributed by atoms with Gasteiger partial charge in [0.2, 0.25) is 5.95 Å². The third-order valence-electron chi connectivity index (χ3n) is 3.27. The first kappa shape index (κ1) is 19.5. The van der Waals surface area contributed by atoms with Crippen LogP contribution in [0.15, 0.2) is 24.3 Å². The number of hydrogen-bond acceptors (Lipinski definition) is 4. The molecule has 1 aromatic carbocycles. The predicted molar refractivity (Wildman–Crippen MR) is 103 cm³/mol. The van der Waals surface area contributed by atoms with Gasteiger partial charge in [0, 0.05) is 27.8 Å². The van der Waals surface area contributed by atoms with Crippen LogP contribution in [0.4, 0.5) is 5.95 Å². The number of rotatable bonds is 5. The van der Waals surface area contributed by atoms with E-state index in [0.717, 1.165) is 11.3 Å². The van der Waals surface area contributed by atoms with E-state index in [4.69, 9.17) is 23.2 Å². The lowest BCUT2D eigenvalue weighted by atomic mass is 10.1. The Morgan fingerprint density at radius 3 is 2.52 bits per heavy atom. The fourth-order valence-corrected chi connectivity index (χ4v) is 2.70. The SMILES string of the molecule is Cc1cc(C(=O)NC(C)(C)C)nc(NCCc2ccc(Cl)cc2Cl)n1. The van der Waals surface area contributed by atoms with E-state index in [0.29, 0.717) is 34.7 Å². The molecule has 0 fully saturated rings. The van der Waals surface area contributed by atoms with Crippen LogP contribution >= 0.6 is 23.2 Å². The van der Waals surface area contributed by atoms with E-state index < -0.39 is 0 Å². The molecular weight excluding hydrogens is 359 g/mol. The summed E-state index contributed by atoms with van der Waals surface area (Å²) in [4.78, 5) is 20.9. The number of nitrogens with one attached hydrogen (secondary N) is 2. The van der Waals surface area contributed by atoms with Crippen LogP contribution in [0.5, 0.6) is 0 Å². The molecule has 2 aromatic rings. The molecule has 0 bridgehead atoms. The van der Waals surface area contributed by atoms with E-state index in [-0.39, 0.29) is 11.4 Å². The fourth-order valence-electron chi connectivity index (χ4n) is 2.20. The Bertz CT molecular complexity index is 772. The van der Waals surface area contributed by atoms with E-state index in [1.165, 1.54) is 0 Å². The summed E-state index contributed by atoms with van der Waals surface area (Å²) in [6.45, 7) is 8.19. The quantitative estimate of drug-likeness (QED) is 0.812. The third-order valence-corrected chi connectivity index (χ3v) is 3.85. The first-order valence-electron chi connectivity index (χ1n) is 8.00. The van der Waals surface area contributed by atoms with Crippen LogP contribution in [0, 0.1) is 6.92 Å². The Kier molecular flexibility index (Phi) is 6.25.